The highest BCUT2D eigenvalue weighted by Crippen LogP contribution is 2.27. The first-order valence-corrected chi connectivity index (χ1v) is 10.2. The van der Waals surface area contributed by atoms with Gasteiger partial charge in [-0.2, -0.15) is 0 Å². The van der Waals surface area contributed by atoms with Crippen molar-refractivity contribution in [2.24, 2.45) is 5.92 Å². The summed E-state index contributed by atoms with van der Waals surface area (Å²) in [7, 11) is 0. The number of nitrogens with zero attached hydrogens (tertiary/aromatic N) is 4. The summed E-state index contributed by atoms with van der Waals surface area (Å²) in [5, 5.41) is 0. The number of hydrogen-bond donors (Lipinski definition) is 1. The van der Waals surface area contributed by atoms with Crippen molar-refractivity contribution in [2.45, 2.75) is 19.9 Å². The normalized spacial score (nSPS) is 18.0. The highest BCUT2D eigenvalue weighted by molar-refractivity contribution is 5.80. The van der Waals surface area contributed by atoms with Gasteiger partial charge in [-0.05, 0) is 30.5 Å². The predicted molar refractivity (Wildman–Crippen MR) is 113 cm³/mol. The molecule has 6 heteroatoms. The third-order valence-electron chi connectivity index (χ3n) is 5.61. The van der Waals surface area contributed by atoms with E-state index in [0.717, 1.165) is 56.0 Å². The third-order valence-corrected chi connectivity index (χ3v) is 5.61. The van der Waals surface area contributed by atoms with E-state index >= 15 is 0 Å². The average molecular weight is 390 g/mol. The number of benzene rings is 1. The van der Waals surface area contributed by atoms with Crippen LogP contribution in [0.15, 0.2) is 61.3 Å². The number of imidazole rings is 1. The molecule has 29 heavy (non-hydrogen) atoms. The lowest BCUT2D eigenvalue weighted by Crippen LogP contribution is -2.37. The van der Waals surface area contributed by atoms with Gasteiger partial charge in [-0.3, -0.25) is 14.7 Å². The van der Waals surface area contributed by atoms with E-state index in [4.69, 9.17) is 0 Å². The van der Waals surface area contributed by atoms with E-state index in [2.05, 4.69) is 51.0 Å². The molecule has 0 aliphatic carbocycles. The summed E-state index contributed by atoms with van der Waals surface area (Å²) in [4.78, 5) is 29.2. The fourth-order valence-corrected chi connectivity index (χ4v) is 4.10. The molecule has 1 aliphatic rings. The number of carbonyl (C=O) groups is 1. The molecule has 6 nitrogen and oxygen atoms in total. The molecule has 1 amide bonds. The summed E-state index contributed by atoms with van der Waals surface area (Å²) in [6.07, 6.45) is 7.96. The minimum atomic E-state index is -0.0711. The van der Waals surface area contributed by atoms with Gasteiger partial charge in [0.15, 0.2) is 0 Å². The lowest BCUT2D eigenvalue weighted by molar-refractivity contribution is -0.134. The molecule has 0 saturated carbocycles. The number of aromatic nitrogens is 3. The molecule has 2 aromatic heterocycles. The van der Waals surface area contributed by atoms with Gasteiger partial charge in [-0.1, -0.05) is 30.3 Å². The Kier molecular flexibility index (Phi) is 6.00. The smallest absolute Gasteiger partial charge is 0.227 e. The average Bonchev–Trinajstić information content (AvgIpc) is 3.22. The molecule has 1 fully saturated rings. The highest BCUT2D eigenvalue weighted by Gasteiger charge is 2.30. The van der Waals surface area contributed by atoms with Crippen molar-refractivity contribution in [1.29, 1.82) is 0 Å². The number of likely N-dealkylation sites (N-methyl/N-ethyl adjacent to an activating group) is 1. The van der Waals surface area contributed by atoms with Crippen LogP contribution < -0.4 is 0 Å². The maximum absolute atomic E-state index is 13.2. The van der Waals surface area contributed by atoms with Crippen molar-refractivity contribution >= 4 is 5.91 Å². The monoisotopic (exact) mass is 389 g/mol. The molecular weight excluding hydrogens is 362 g/mol. The van der Waals surface area contributed by atoms with Gasteiger partial charge >= 0.3 is 0 Å². The largest absolute Gasteiger partial charge is 0.347 e. The van der Waals surface area contributed by atoms with E-state index in [-0.39, 0.29) is 11.8 Å². The Labute approximate surface area is 171 Å². The molecule has 1 N–H and O–H groups in total. The van der Waals surface area contributed by atoms with Crippen LogP contribution in [-0.4, -0.2) is 56.8 Å². The number of H-pyrrole nitrogens is 1. The Balaban J connectivity index is 1.59. The van der Waals surface area contributed by atoms with Crippen LogP contribution in [0.1, 0.15) is 18.2 Å². The van der Waals surface area contributed by atoms with E-state index in [1.165, 1.54) is 5.56 Å². The maximum Gasteiger partial charge on any atom is 0.227 e. The fraction of sp³-hybridized carbons (Fsp3) is 0.348. The van der Waals surface area contributed by atoms with Crippen LogP contribution in [0.3, 0.4) is 0 Å². The summed E-state index contributed by atoms with van der Waals surface area (Å²) in [5.74, 6) is 0.179. The standard InChI is InChI=1S/C23H27N5O/c1-2-28-11-10-27(16-21-14-25-17-26-21)15-20(23(28)29)12-18-6-3-4-8-22(18)19-7-5-9-24-13-19/h3-9,13-14,17,20H,2,10-12,15-16H2,1H3,(H,25,26)/t20-/m1/s1. The molecule has 3 aromatic rings. The van der Waals surface area contributed by atoms with Crippen LogP contribution in [0.2, 0.25) is 0 Å². The SMILES string of the molecule is CCN1CCN(Cc2cnc[nH]2)C[C@@H](Cc2ccccc2-c2cccnc2)C1=O. The molecule has 1 atom stereocenters. The summed E-state index contributed by atoms with van der Waals surface area (Å²) in [6.45, 7) is 5.98. The van der Waals surface area contributed by atoms with Crippen LogP contribution in [0.4, 0.5) is 0 Å². The Hall–Kier alpha value is -2.99. The topological polar surface area (TPSA) is 65.1 Å². The first kappa shape index (κ1) is 19.3. The highest BCUT2D eigenvalue weighted by atomic mass is 16.2. The number of rotatable bonds is 6. The molecular formula is C23H27N5O. The third kappa shape index (κ3) is 4.54. The summed E-state index contributed by atoms with van der Waals surface area (Å²) in [5.41, 5.74) is 4.52. The van der Waals surface area contributed by atoms with Gasteiger partial charge in [-0.25, -0.2) is 4.98 Å². The van der Waals surface area contributed by atoms with Crippen molar-refractivity contribution in [3.63, 3.8) is 0 Å². The van der Waals surface area contributed by atoms with Crippen LogP contribution in [0.25, 0.3) is 11.1 Å². The van der Waals surface area contributed by atoms with Gasteiger partial charge in [0.05, 0.1) is 12.2 Å². The van der Waals surface area contributed by atoms with E-state index in [0.29, 0.717) is 0 Å². The van der Waals surface area contributed by atoms with Crippen molar-refractivity contribution in [1.82, 2.24) is 24.8 Å². The Morgan fingerprint density at radius 3 is 2.76 bits per heavy atom. The molecule has 0 unspecified atom stereocenters. The van der Waals surface area contributed by atoms with Crippen molar-refractivity contribution in [3.05, 3.63) is 72.6 Å². The van der Waals surface area contributed by atoms with Gasteiger partial charge in [0, 0.05) is 62.6 Å². The predicted octanol–water partition coefficient (Wildman–Crippen LogP) is 2.99. The number of amides is 1. The van der Waals surface area contributed by atoms with Crippen LogP contribution in [0.5, 0.6) is 0 Å². The van der Waals surface area contributed by atoms with E-state index in [1.54, 1.807) is 12.5 Å². The van der Waals surface area contributed by atoms with Gasteiger partial charge in [0.25, 0.3) is 0 Å². The van der Waals surface area contributed by atoms with Crippen LogP contribution in [-0.2, 0) is 17.8 Å². The number of aromatic amines is 1. The molecule has 1 aliphatic heterocycles. The number of carbonyl (C=O) groups excluding carboxylic acids is 1. The number of pyridine rings is 1. The van der Waals surface area contributed by atoms with E-state index < -0.39 is 0 Å². The zero-order valence-corrected chi connectivity index (χ0v) is 16.8. The second-order valence-electron chi connectivity index (χ2n) is 7.53. The Morgan fingerprint density at radius 2 is 2.00 bits per heavy atom. The lowest BCUT2D eigenvalue weighted by atomic mass is 9.91. The second kappa shape index (κ2) is 9.01. The minimum Gasteiger partial charge on any atom is -0.347 e. The zero-order chi connectivity index (χ0) is 20.1. The van der Waals surface area contributed by atoms with Crippen molar-refractivity contribution < 1.29 is 4.79 Å². The van der Waals surface area contributed by atoms with Gasteiger partial charge < -0.3 is 9.88 Å². The van der Waals surface area contributed by atoms with Crippen molar-refractivity contribution in [2.75, 3.05) is 26.2 Å². The van der Waals surface area contributed by atoms with Gasteiger partial charge in [-0.15, -0.1) is 0 Å². The molecule has 0 spiro atoms. The summed E-state index contributed by atoms with van der Waals surface area (Å²) in [6, 6.07) is 12.4. The maximum atomic E-state index is 13.2. The molecule has 4 rings (SSSR count). The number of nitrogens with one attached hydrogen (secondary N) is 1. The molecule has 0 bridgehead atoms. The molecule has 3 heterocycles. The van der Waals surface area contributed by atoms with Crippen LogP contribution in [0, 0.1) is 5.92 Å². The van der Waals surface area contributed by atoms with E-state index in [1.807, 2.05) is 29.4 Å². The molecule has 1 aromatic carbocycles. The lowest BCUT2D eigenvalue weighted by Gasteiger charge is -2.24. The molecule has 0 radical (unpaired) electrons. The first-order chi connectivity index (χ1) is 14.2. The zero-order valence-electron chi connectivity index (χ0n) is 16.8. The Morgan fingerprint density at radius 1 is 1.10 bits per heavy atom. The van der Waals surface area contributed by atoms with Gasteiger partial charge in [0.1, 0.15) is 0 Å². The minimum absolute atomic E-state index is 0.0711. The summed E-state index contributed by atoms with van der Waals surface area (Å²) >= 11 is 0. The number of hydrogen-bond acceptors (Lipinski definition) is 4. The van der Waals surface area contributed by atoms with E-state index in [9.17, 15) is 4.79 Å². The van der Waals surface area contributed by atoms with Gasteiger partial charge in [0.2, 0.25) is 5.91 Å². The quantitative estimate of drug-likeness (QED) is 0.704. The summed E-state index contributed by atoms with van der Waals surface area (Å²) < 4.78 is 0. The second-order valence-corrected chi connectivity index (χ2v) is 7.53. The molecule has 150 valence electrons. The van der Waals surface area contributed by atoms with Crippen molar-refractivity contribution in [3.8, 4) is 11.1 Å². The Bertz CT molecular complexity index is 925. The van der Waals surface area contributed by atoms with Crippen LogP contribution >= 0.6 is 0 Å². The first-order valence-electron chi connectivity index (χ1n) is 10.2. The molecule has 1 saturated heterocycles. The fourth-order valence-electron chi connectivity index (χ4n) is 4.10.